The largest absolute Gasteiger partial charge is 0.487 e. The van der Waals surface area contributed by atoms with Crippen molar-refractivity contribution < 1.29 is 22.0 Å². The minimum atomic E-state index is -3.27. The fourth-order valence-corrected chi connectivity index (χ4v) is 4.90. The highest BCUT2D eigenvalue weighted by molar-refractivity contribution is 8.13. The number of oxazole rings is 1. The minimum absolute atomic E-state index is 0.132. The summed E-state index contributed by atoms with van der Waals surface area (Å²) in [7, 11) is -3.27. The second kappa shape index (κ2) is 9.80. The molecule has 0 spiro atoms. The number of alkyl halides is 1. The lowest BCUT2D eigenvalue weighted by atomic mass is 9.98. The molecule has 1 aliphatic heterocycles. The van der Waals surface area contributed by atoms with Gasteiger partial charge in [-0.1, -0.05) is 17.7 Å². The number of nitrogens with zero attached hydrogens (tertiary/aromatic N) is 2. The molecule has 2 aliphatic rings. The average molecular weight is 497 g/mol. The lowest BCUT2D eigenvalue weighted by molar-refractivity contribution is 0.294. The second-order valence-electron chi connectivity index (χ2n) is 7.59. The Morgan fingerprint density at radius 2 is 2.03 bits per heavy atom. The van der Waals surface area contributed by atoms with Gasteiger partial charge in [0.2, 0.25) is 5.89 Å². The first-order valence-corrected chi connectivity index (χ1v) is 13.2. The number of allylic oxidation sites excluding steroid dienone is 3. The Balaban J connectivity index is 1.55. The molecule has 1 unspecified atom stereocenters. The maximum absolute atomic E-state index is 13.5. The molecule has 1 aromatic carbocycles. The molecule has 1 aliphatic carbocycles. The molecule has 0 amide bonds. The van der Waals surface area contributed by atoms with Crippen LogP contribution < -0.4 is 4.74 Å². The normalized spacial score (nSPS) is 19.2. The van der Waals surface area contributed by atoms with Crippen LogP contribution in [0.15, 0.2) is 61.0 Å². The average Bonchev–Trinajstić information content (AvgIpc) is 3.16. The van der Waals surface area contributed by atoms with Gasteiger partial charge >= 0.3 is 0 Å². The van der Waals surface area contributed by atoms with Gasteiger partial charge in [-0.3, -0.25) is 4.99 Å². The Morgan fingerprint density at radius 1 is 1.25 bits per heavy atom. The van der Waals surface area contributed by atoms with E-state index in [0.29, 0.717) is 53.1 Å². The summed E-state index contributed by atoms with van der Waals surface area (Å²) in [4.78, 5) is 9.21. The summed E-state index contributed by atoms with van der Waals surface area (Å²) in [5.41, 5.74) is 1.49. The SMILES string of the molecule is CS(=O)(=O)c1ccc(OCc2nc(C3=CCC(F)CC3)oc2SC2=NC=C(Cl)CC2)cc1. The maximum atomic E-state index is 13.5. The molecule has 6 nitrogen and oxygen atoms in total. The van der Waals surface area contributed by atoms with Gasteiger partial charge in [0.1, 0.15) is 24.2 Å². The fourth-order valence-electron chi connectivity index (χ4n) is 3.26. The van der Waals surface area contributed by atoms with Crippen molar-refractivity contribution in [3.63, 3.8) is 0 Å². The van der Waals surface area contributed by atoms with Crippen LogP contribution in [-0.2, 0) is 16.4 Å². The standard InChI is InChI=1S/C22H22ClFN2O4S2/c1-32(27,28)18-9-7-17(8-10-18)29-13-19-22(31-20-11-4-15(23)12-25-20)30-21(26-19)14-2-5-16(24)6-3-14/h2,7-10,12,16H,3-6,11,13H2,1H3. The first-order valence-electron chi connectivity index (χ1n) is 10.1. The number of rotatable bonds is 6. The molecule has 1 aromatic heterocycles. The Hall–Kier alpha value is -2.10. The first kappa shape index (κ1) is 23.1. The van der Waals surface area contributed by atoms with Gasteiger partial charge in [0.05, 0.1) is 9.94 Å². The third-order valence-corrected chi connectivity index (χ3v) is 7.51. The van der Waals surface area contributed by atoms with E-state index in [2.05, 4.69) is 9.98 Å². The van der Waals surface area contributed by atoms with E-state index in [1.54, 1.807) is 18.3 Å². The highest BCUT2D eigenvalue weighted by Gasteiger charge is 2.23. The molecule has 1 atom stereocenters. The van der Waals surface area contributed by atoms with Crippen LogP contribution >= 0.6 is 23.4 Å². The van der Waals surface area contributed by atoms with Crippen molar-refractivity contribution in [1.82, 2.24) is 4.98 Å². The molecule has 10 heteroatoms. The quantitative estimate of drug-likeness (QED) is 0.493. The van der Waals surface area contributed by atoms with E-state index in [1.807, 2.05) is 6.08 Å². The summed E-state index contributed by atoms with van der Waals surface area (Å²) in [5.74, 6) is 0.982. The van der Waals surface area contributed by atoms with E-state index in [-0.39, 0.29) is 11.5 Å². The molecule has 0 bridgehead atoms. The van der Waals surface area contributed by atoms with Crippen molar-refractivity contribution in [3.8, 4) is 5.75 Å². The Morgan fingerprint density at radius 3 is 2.66 bits per heavy atom. The Labute approximate surface area is 195 Å². The van der Waals surface area contributed by atoms with Gasteiger partial charge in [-0.05, 0) is 61.7 Å². The number of aromatic nitrogens is 1. The van der Waals surface area contributed by atoms with Gasteiger partial charge in [0, 0.05) is 29.5 Å². The zero-order valence-electron chi connectivity index (χ0n) is 17.4. The smallest absolute Gasteiger partial charge is 0.223 e. The second-order valence-corrected chi connectivity index (χ2v) is 11.1. The van der Waals surface area contributed by atoms with Crippen molar-refractivity contribution in [2.45, 2.75) is 54.9 Å². The number of aliphatic imine (C=N–C) groups is 1. The van der Waals surface area contributed by atoms with Crippen LogP contribution in [0, 0.1) is 0 Å². The number of hydrogen-bond donors (Lipinski definition) is 0. The molecule has 0 fully saturated rings. The fraction of sp³-hybridized carbons (Fsp3) is 0.364. The van der Waals surface area contributed by atoms with Crippen LogP contribution in [0.4, 0.5) is 4.39 Å². The zero-order chi connectivity index (χ0) is 22.7. The van der Waals surface area contributed by atoms with Crippen molar-refractivity contribution in [1.29, 1.82) is 0 Å². The predicted molar refractivity (Wildman–Crippen MR) is 124 cm³/mol. The van der Waals surface area contributed by atoms with Crippen LogP contribution in [0.1, 0.15) is 43.7 Å². The van der Waals surface area contributed by atoms with E-state index in [1.165, 1.54) is 23.9 Å². The van der Waals surface area contributed by atoms with E-state index >= 15 is 0 Å². The predicted octanol–water partition coefficient (Wildman–Crippen LogP) is 5.93. The van der Waals surface area contributed by atoms with E-state index < -0.39 is 16.0 Å². The van der Waals surface area contributed by atoms with E-state index in [4.69, 9.17) is 20.8 Å². The molecule has 32 heavy (non-hydrogen) atoms. The highest BCUT2D eigenvalue weighted by Crippen LogP contribution is 2.35. The van der Waals surface area contributed by atoms with E-state index in [0.717, 1.165) is 23.3 Å². The third-order valence-electron chi connectivity index (χ3n) is 5.05. The summed E-state index contributed by atoms with van der Waals surface area (Å²) < 4.78 is 48.7. The Bertz CT molecular complexity index is 1190. The number of hydrogen-bond acceptors (Lipinski definition) is 7. The van der Waals surface area contributed by atoms with Gasteiger partial charge in [0.15, 0.2) is 14.9 Å². The molecular weight excluding hydrogens is 475 g/mol. The van der Waals surface area contributed by atoms with E-state index in [9.17, 15) is 12.8 Å². The van der Waals surface area contributed by atoms with Crippen LogP contribution in [0.3, 0.4) is 0 Å². The molecule has 4 rings (SSSR count). The molecule has 0 saturated heterocycles. The van der Waals surface area contributed by atoms with Gasteiger partial charge in [-0.2, -0.15) is 0 Å². The molecule has 0 saturated carbocycles. The van der Waals surface area contributed by atoms with Crippen molar-refractivity contribution >= 4 is 43.8 Å². The van der Waals surface area contributed by atoms with Crippen molar-refractivity contribution in [3.05, 3.63) is 53.2 Å². The lowest BCUT2D eigenvalue weighted by Crippen LogP contribution is -2.05. The highest BCUT2D eigenvalue weighted by atomic mass is 35.5. The molecule has 0 N–H and O–H groups in total. The number of benzene rings is 1. The van der Waals surface area contributed by atoms with Crippen molar-refractivity contribution in [2.75, 3.05) is 6.26 Å². The summed E-state index contributed by atoms with van der Waals surface area (Å²) in [6.07, 6.45) is 6.60. The van der Waals surface area contributed by atoms with Crippen LogP contribution in [-0.4, -0.2) is 30.9 Å². The van der Waals surface area contributed by atoms with Crippen molar-refractivity contribution in [2.24, 2.45) is 4.99 Å². The van der Waals surface area contributed by atoms with Gasteiger partial charge in [-0.15, -0.1) is 0 Å². The maximum Gasteiger partial charge on any atom is 0.223 e. The summed E-state index contributed by atoms with van der Waals surface area (Å²) in [6, 6.07) is 6.21. The molecule has 2 heterocycles. The van der Waals surface area contributed by atoms with Crippen LogP contribution in [0.2, 0.25) is 0 Å². The van der Waals surface area contributed by atoms with Gasteiger partial charge < -0.3 is 9.15 Å². The van der Waals surface area contributed by atoms with Gasteiger partial charge in [-0.25, -0.2) is 17.8 Å². The monoisotopic (exact) mass is 496 g/mol. The van der Waals surface area contributed by atoms with Gasteiger partial charge in [0.25, 0.3) is 0 Å². The Kier molecular flexibility index (Phi) is 7.07. The van der Waals surface area contributed by atoms with Crippen LogP contribution in [0.5, 0.6) is 5.75 Å². The molecule has 0 radical (unpaired) electrons. The topological polar surface area (TPSA) is 81.8 Å². The number of halogens is 2. The molecule has 2 aromatic rings. The summed E-state index contributed by atoms with van der Waals surface area (Å²) in [5, 5.41) is 2.14. The first-order chi connectivity index (χ1) is 15.3. The summed E-state index contributed by atoms with van der Waals surface area (Å²) >= 11 is 7.38. The summed E-state index contributed by atoms with van der Waals surface area (Å²) in [6.45, 7) is 0.132. The molecular formula is C22H22ClFN2O4S2. The lowest BCUT2D eigenvalue weighted by Gasteiger charge is -2.13. The zero-order valence-corrected chi connectivity index (χ0v) is 19.8. The molecule has 170 valence electrons. The number of ether oxygens (including phenoxy) is 1. The third kappa shape index (κ3) is 5.82. The minimum Gasteiger partial charge on any atom is -0.487 e. The van der Waals surface area contributed by atoms with Crippen LogP contribution in [0.25, 0.3) is 5.57 Å². The number of thioether (sulfide) groups is 1. The number of sulfone groups is 1.